The second-order valence-corrected chi connectivity index (χ2v) is 6.70. The maximum absolute atomic E-state index is 12.1. The third-order valence-corrected chi connectivity index (χ3v) is 4.60. The van der Waals surface area contributed by atoms with Crippen LogP contribution in [0.15, 0.2) is 29.2 Å². The zero-order chi connectivity index (χ0) is 14.6. The number of halogens is 1. The lowest BCUT2D eigenvalue weighted by Gasteiger charge is -2.18. The number of sulfonamides is 1. The summed E-state index contributed by atoms with van der Waals surface area (Å²) in [4.78, 5) is 21.1. The van der Waals surface area contributed by atoms with Crippen LogP contribution in [0.2, 0.25) is 0 Å². The van der Waals surface area contributed by atoms with Crippen molar-refractivity contribution in [2.45, 2.75) is 4.90 Å². The number of benzene rings is 1. The van der Waals surface area contributed by atoms with Gasteiger partial charge >= 0.3 is 11.9 Å². The minimum absolute atomic E-state index is 0.143. The number of hydrogen-bond donors (Lipinski definition) is 2. The highest BCUT2D eigenvalue weighted by molar-refractivity contribution is 14.1. The molecule has 0 aliphatic heterocycles. The van der Waals surface area contributed by atoms with Crippen LogP contribution in [0.25, 0.3) is 0 Å². The molecule has 0 spiro atoms. The molecule has 0 aromatic heterocycles. The predicted octanol–water partition coefficient (Wildman–Crippen LogP) is 0.451. The second-order valence-electron chi connectivity index (χ2n) is 3.51. The Morgan fingerprint density at radius 2 is 1.47 bits per heavy atom. The van der Waals surface area contributed by atoms with Gasteiger partial charge in [0.05, 0.1) is 4.90 Å². The van der Waals surface area contributed by atoms with Crippen molar-refractivity contribution in [1.82, 2.24) is 4.31 Å². The third-order valence-electron chi connectivity index (χ3n) is 2.07. The smallest absolute Gasteiger partial charge is 0.318 e. The summed E-state index contributed by atoms with van der Waals surface area (Å²) in [5.74, 6) is -2.84. The van der Waals surface area contributed by atoms with Crippen molar-refractivity contribution in [2.75, 3.05) is 13.1 Å². The average molecular weight is 399 g/mol. The molecule has 0 aliphatic rings. The van der Waals surface area contributed by atoms with E-state index in [4.69, 9.17) is 10.2 Å². The van der Waals surface area contributed by atoms with Crippen molar-refractivity contribution in [3.63, 3.8) is 0 Å². The minimum atomic E-state index is -4.14. The van der Waals surface area contributed by atoms with E-state index in [0.717, 1.165) is 3.57 Å². The van der Waals surface area contributed by atoms with E-state index in [9.17, 15) is 18.0 Å². The molecule has 0 heterocycles. The molecule has 0 saturated carbocycles. The van der Waals surface area contributed by atoms with E-state index < -0.39 is 35.1 Å². The van der Waals surface area contributed by atoms with Crippen molar-refractivity contribution in [3.05, 3.63) is 27.8 Å². The number of carboxylic acid groups (broad SMARTS) is 2. The van der Waals surface area contributed by atoms with Crippen LogP contribution in [-0.4, -0.2) is 48.0 Å². The van der Waals surface area contributed by atoms with Crippen LogP contribution in [0.5, 0.6) is 0 Å². The molecule has 104 valence electrons. The Bertz CT molecular complexity index is 567. The molecule has 0 radical (unpaired) electrons. The molecule has 0 bridgehead atoms. The first-order valence-corrected chi connectivity index (χ1v) is 7.44. The number of rotatable bonds is 6. The minimum Gasteiger partial charge on any atom is -0.480 e. The van der Waals surface area contributed by atoms with Crippen molar-refractivity contribution in [3.8, 4) is 0 Å². The lowest BCUT2D eigenvalue weighted by molar-refractivity contribution is -0.139. The molecule has 0 fully saturated rings. The molecule has 0 saturated heterocycles. The normalized spacial score (nSPS) is 11.5. The first-order chi connectivity index (χ1) is 8.73. The zero-order valence-electron chi connectivity index (χ0n) is 9.48. The lowest BCUT2D eigenvalue weighted by atomic mass is 10.4. The molecule has 7 nitrogen and oxygen atoms in total. The van der Waals surface area contributed by atoms with Gasteiger partial charge < -0.3 is 10.2 Å². The van der Waals surface area contributed by atoms with Crippen LogP contribution in [0.4, 0.5) is 0 Å². The van der Waals surface area contributed by atoms with Crippen molar-refractivity contribution < 1.29 is 28.2 Å². The molecule has 0 amide bonds. The van der Waals surface area contributed by atoms with Crippen LogP contribution in [0, 0.1) is 3.57 Å². The molecule has 0 unspecified atom stereocenters. The summed E-state index contributed by atoms with van der Waals surface area (Å²) in [5.41, 5.74) is 0. The summed E-state index contributed by atoms with van der Waals surface area (Å²) >= 11 is 1.99. The Morgan fingerprint density at radius 1 is 1.05 bits per heavy atom. The van der Waals surface area contributed by atoms with Gasteiger partial charge in [0.15, 0.2) is 0 Å². The van der Waals surface area contributed by atoms with E-state index >= 15 is 0 Å². The highest BCUT2D eigenvalue weighted by Gasteiger charge is 2.28. The summed E-state index contributed by atoms with van der Waals surface area (Å²) < 4.78 is 25.4. The van der Waals surface area contributed by atoms with E-state index in [-0.39, 0.29) is 4.90 Å². The monoisotopic (exact) mass is 399 g/mol. The van der Waals surface area contributed by atoms with Gasteiger partial charge in [-0.25, -0.2) is 8.42 Å². The topological polar surface area (TPSA) is 112 Å². The second kappa shape index (κ2) is 6.30. The fraction of sp³-hybridized carbons (Fsp3) is 0.200. The van der Waals surface area contributed by atoms with E-state index in [2.05, 4.69) is 0 Å². The molecule has 1 rings (SSSR count). The van der Waals surface area contributed by atoms with Crippen molar-refractivity contribution in [2.24, 2.45) is 0 Å². The molecular weight excluding hydrogens is 389 g/mol. The number of carboxylic acids is 2. The predicted molar refractivity (Wildman–Crippen MR) is 73.2 cm³/mol. The number of hydrogen-bond acceptors (Lipinski definition) is 4. The van der Waals surface area contributed by atoms with E-state index in [1.807, 2.05) is 22.6 Å². The Hall–Kier alpha value is -1.20. The standard InChI is InChI=1S/C10H10INO6S/c11-7-1-3-8(4-2-7)19(17,18)12(5-9(13)14)6-10(15)16/h1-4H,5-6H2,(H,13,14)(H,15,16). The summed E-state index contributed by atoms with van der Waals surface area (Å²) in [7, 11) is -4.14. The van der Waals surface area contributed by atoms with Gasteiger partial charge in [0.1, 0.15) is 13.1 Å². The van der Waals surface area contributed by atoms with Crippen LogP contribution in [-0.2, 0) is 19.6 Å². The summed E-state index contributed by atoms with van der Waals surface area (Å²) in [6, 6.07) is 5.67. The Balaban J connectivity index is 3.14. The summed E-state index contributed by atoms with van der Waals surface area (Å²) in [6.45, 7) is -1.80. The van der Waals surface area contributed by atoms with Crippen molar-refractivity contribution in [1.29, 1.82) is 0 Å². The average Bonchev–Trinajstić information content (AvgIpc) is 2.27. The van der Waals surface area contributed by atoms with Gasteiger partial charge in [-0.1, -0.05) is 0 Å². The van der Waals surface area contributed by atoms with Gasteiger partial charge in [0, 0.05) is 3.57 Å². The maximum atomic E-state index is 12.1. The van der Waals surface area contributed by atoms with E-state index in [1.54, 1.807) is 0 Å². The van der Waals surface area contributed by atoms with E-state index in [1.165, 1.54) is 24.3 Å². The quantitative estimate of drug-likeness (QED) is 0.672. The van der Waals surface area contributed by atoms with Gasteiger partial charge in [-0.2, -0.15) is 4.31 Å². The van der Waals surface area contributed by atoms with Gasteiger partial charge in [0.25, 0.3) is 0 Å². The molecule has 2 N–H and O–H groups in total. The summed E-state index contributed by atoms with van der Waals surface area (Å²) in [5, 5.41) is 17.3. The highest BCUT2D eigenvalue weighted by atomic mass is 127. The van der Waals surface area contributed by atoms with Gasteiger partial charge in [0.2, 0.25) is 10.0 Å². The molecule has 19 heavy (non-hydrogen) atoms. The molecule has 1 aromatic carbocycles. The Morgan fingerprint density at radius 3 is 1.84 bits per heavy atom. The van der Waals surface area contributed by atoms with Gasteiger partial charge in [-0.3, -0.25) is 9.59 Å². The molecule has 1 aromatic rings. The zero-order valence-corrected chi connectivity index (χ0v) is 12.5. The number of nitrogens with zero attached hydrogens (tertiary/aromatic N) is 1. The van der Waals surface area contributed by atoms with Gasteiger partial charge in [-0.05, 0) is 46.9 Å². The summed E-state index contributed by atoms with van der Waals surface area (Å²) in [6.07, 6.45) is 0. The van der Waals surface area contributed by atoms with E-state index in [0.29, 0.717) is 4.31 Å². The molecule has 9 heteroatoms. The highest BCUT2D eigenvalue weighted by Crippen LogP contribution is 2.17. The van der Waals surface area contributed by atoms with Crippen molar-refractivity contribution >= 4 is 44.6 Å². The first kappa shape index (κ1) is 15.9. The Labute approximate surface area is 123 Å². The van der Waals surface area contributed by atoms with Gasteiger partial charge in [-0.15, -0.1) is 0 Å². The van der Waals surface area contributed by atoms with Crippen LogP contribution in [0.1, 0.15) is 0 Å². The Kier molecular flexibility index (Phi) is 5.26. The number of aliphatic carboxylic acids is 2. The third kappa shape index (κ3) is 4.44. The van der Waals surface area contributed by atoms with Crippen LogP contribution >= 0.6 is 22.6 Å². The number of carbonyl (C=O) groups is 2. The fourth-order valence-corrected chi connectivity index (χ4v) is 2.98. The largest absolute Gasteiger partial charge is 0.480 e. The SMILES string of the molecule is O=C(O)CN(CC(=O)O)S(=O)(=O)c1ccc(I)cc1. The molecule has 0 atom stereocenters. The molecular formula is C10H10INO6S. The molecule has 0 aliphatic carbocycles. The van der Waals surface area contributed by atoms with Crippen LogP contribution in [0.3, 0.4) is 0 Å². The maximum Gasteiger partial charge on any atom is 0.318 e. The first-order valence-electron chi connectivity index (χ1n) is 4.93. The fourth-order valence-electron chi connectivity index (χ4n) is 1.28. The lowest BCUT2D eigenvalue weighted by Crippen LogP contribution is -2.39. The van der Waals surface area contributed by atoms with Crippen LogP contribution < -0.4 is 0 Å².